The summed E-state index contributed by atoms with van der Waals surface area (Å²) < 4.78 is 6.61. The molecule has 1 N–H and O–H groups in total. The quantitative estimate of drug-likeness (QED) is 0.594. The number of hydrogen-bond donors (Lipinski definition) is 1. The normalized spacial score (nSPS) is 10.4. The summed E-state index contributed by atoms with van der Waals surface area (Å²) >= 11 is 0. The molecule has 4 rings (SSSR count). The number of hydrogen-bond acceptors (Lipinski definition) is 5. The third-order valence-corrected chi connectivity index (χ3v) is 4.25. The SMILES string of the molecule is COc1cccc(C(=O)Nc2c(C#N)cnn2-c2ccc3ccccc3n2)c1. The molecule has 0 saturated heterocycles. The first-order valence-corrected chi connectivity index (χ1v) is 8.49. The number of rotatable bonds is 4. The number of benzene rings is 2. The summed E-state index contributed by atoms with van der Waals surface area (Å²) in [6.07, 6.45) is 1.40. The molecule has 0 aliphatic rings. The lowest BCUT2D eigenvalue weighted by Crippen LogP contribution is -2.16. The van der Waals surface area contributed by atoms with Crippen molar-refractivity contribution in [2.45, 2.75) is 0 Å². The molecular weight excluding hydrogens is 354 g/mol. The highest BCUT2D eigenvalue weighted by Crippen LogP contribution is 2.22. The van der Waals surface area contributed by atoms with E-state index in [-0.39, 0.29) is 17.3 Å². The number of carbonyl (C=O) groups is 1. The Morgan fingerprint density at radius 1 is 1.14 bits per heavy atom. The Bertz CT molecular complexity index is 1220. The molecule has 0 saturated carbocycles. The summed E-state index contributed by atoms with van der Waals surface area (Å²) in [5.41, 5.74) is 1.44. The van der Waals surface area contributed by atoms with Gasteiger partial charge in [-0.25, -0.2) is 4.98 Å². The number of para-hydroxylation sites is 1. The minimum atomic E-state index is -0.377. The minimum absolute atomic E-state index is 0.242. The van der Waals surface area contributed by atoms with Crippen LogP contribution in [0.1, 0.15) is 15.9 Å². The molecule has 28 heavy (non-hydrogen) atoms. The first kappa shape index (κ1) is 17.2. The molecule has 0 radical (unpaired) electrons. The summed E-state index contributed by atoms with van der Waals surface area (Å²) in [7, 11) is 1.53. The number of nitrogens with zero attached hydrogens (tertiary/aromatic N) is 4. The van der Waals surface area contributed by atoms with Crippen molar-refractivity contribution < 1.29 is 9.53 Å². The Labute approximate surface area is 160 Å². The molecule has 0 bridgehead atoms. The second-order valence-corrected chi connectivity index (χ2v) is 5.98. The first-order chi connectivity index (χ1) is 13.7. The van der Waals surface area contributed by atoms with Gasteiger partial charge in [-0.1, -0.05) is 24.3 Å². The maximum Gasteiger partial charge on any atom is 0.256 e. The van der Waals surface area contributed by atoms with Gasteiger partial charge in [-0.15, -0.1) is 0 Å². The number of nitriles is 1. The maximum absolute atomic E-state index is 12.7. The van der Waals surface area contributed by atoms with E-state index in [4.69, 9.17) is 4.74 Å². The summed E-state index contributed by atoms with van der Waals surface area (Å²) in [5.74, 6) is 0.954. The molecule has 7 nitrogen and oxygen atoms in total. The lowest BCUT2D eigenvalue weighted by molar-refractivity contribution is 0.102. The van der Waals surface area contributed by atoms with E-state index in [2.05, 4.69) is 21.5 Å². The van der Waals surface area contributed by atoms with Gasteiger partial charge in [0.05, 0.1) is 18.8 Å². The third-order valence-electron chi connectivity index (χ3n) is 4.25. The number of carbonyl (C=O) groups excluding carboxylic acids is 1. The molecule has 0 aliphatic heterocycles. The van der Waals surface area contributed by atoms with Gasteiger partial charge in [0.1, 0.15) is 17.4 Å². The number of amides is 1. The molecule has 2 aromatic heterocycles. The lowest BCUT2D eigenvalue weighted by Gasteiger charge is -2.10. The van der Waals surface area contributed by atoms with Crippen LogP contribution in [0.2, 0.25) is 0 Å². The van der Waals surface area contributed by atoms with Crippen LogP contribution >= 0.6 is 0 Å². The molecule has 2 heterocycles. The highest BCUT2D eigenvalue weighted by molar-refractivity contribution is 6.04. The van der Waals surface area contributed by atoms with E-state index in [1.807, 2.05) is 30.3 Å². The molecule has 136 valence electrons. The standard InChI is InChI=1S/C21H15N5O2/c1-28-17-7-4-6-15(11-17)21(27)25-20-16(12-22)13-23-26(20)19-10-9-14-5-2-3-8-18(14)24-19/h2-11,13H,1H3,(H,25,27). The number of methoxy groups -OCH3 is 1. The summed E-state index contributed by atoms with van der Waals surface area (Å²) in [6.45, 7) is 0. The first-order valence-electron chi connectivity index (χ1n) is 8.49. The minimum Gasteiger partial charge on any atom is -0.497 e. The number of pyridine rings is 1. The van der Waals surface area contributed by atoms with E-state index in [9.17, 15) is 10.1 Å². The van der Waals surface area contributed by atoms with Crippen molar-refractivity contribution in [2.24, 2.45) is 0 Å². The van der Waals surface area contributed by atoms with Gasteiger partial charge in [-0.05, 0) is 36.4 Å². The maximum atomic E-state index is 12.7. The van der Waals surface area contributed by atoms with E-state index in [0.29, 0.717) is 17.1 Å². The Kier molecular flexibility index (Phi) is 4.44. The zero-order valence-electron chi connectivity index (χ0n) is 15.0. The van der Waals surface area contributed by atoms with Crippen molar-refractivity contribution in [1.82, 2.24) is 14.8 Å². The molecule has 0 unspecified atom stereocenters. The van der Waals surface area contributed by atoms with Gasteiger partial charge in [-0.2, -0.15) is 15.0 Å². The number of fused-ring (bicyclic) bond motifs is 1. The smallest absolute Gasteiger partial charge is 0.256 e. The number of nitrogens with one attached hydrogen (secondary N) is 1. The van der Waals surface area contributed by atoms with Gasteiger partial charge in [0.2, 0.25) is 0 Å². The van der Waals surface area contributed by atoms with Crippen LogP contribution in [0.25, 0.3) is 16.7 Å². The zero-order chi connectivity index (χ0) is 19.5. The Hall–Kier alpha value is -4.18. The number of aromatic nitrogens is 3. The number of ether oxygens (including phenoxy) is 1. The van der Waals surface area contributed by atoms with Gasteiger partial charge in [0.25, 0.3) is 5.91 Å². The molecule has 7 heteroatoms. The van der Waals surface area contributed by atoms with Crippen LogP contribution in [-0.2, 0) is 0 Å². The van der Waals surface area contributed by atoms with Gasteiger partial charge < -0.3 is 10.1 Å². The van der Waals surface area contributed by atoms with E-state index < -0.39 is 0 Å². The Morgan fingerprint density at radius 3 is 2.82 bits per heavy atom. The molecular formula is C21H15N5O2. The molecule has 1 amide bonds. The van der Waals surface area contributed by atoms with Crippen molar-refractivity contribution in [3.63, 3.8) is 0 Å². The van der Waals surface area contributed by atoms with Crippen LogP contribution in [-0.4, -0.2) is 27.8 Å². The van der Waals surface area contributed by atoms with Crippen molar-refractivity contribution >= 4 is 22.6 Å². The predicted molar refractivity (Wildman–Crippen MR) is 105 cm³/mol. The van der Waals surface area contributed by atoms with Gasteiger partial charge in [0.15, 0.2) is 11.6 Å². The average molecular weight is 369 g/mol. The summed E-state index contributed by atoms with van der Waals surface area (Å²) in [6, 6.07) is 20.2. The van der Waals surface area contributed by atoms with Crippen molar-refractivity contribution in [3.8, 4) is 17.6 Å². The predicted octanol–water partition coefficient (Wildman–Crippen LogP) is 3.55. The van der Waals surface area contributed by atoms with E-state index in [0.717, 1.165) is 10.9 Å². The average Bonchev–Trinajstić information content (AvgIpc) is 3.15. The van der Waals surface area contributed by atoms with Crippen LogP contribution in [0.3, 0.4) is 0 Å². The zero-order valence-corrected chi connectivity index (χ0v) is 15.0. The van der Waals surface area contributed by atoms with Crippen molar-refractivity contribution in [3.05, 3.63) is 78.0 Å². The van der Waals surface area contributed by atoms with Gasteiger partial charge in [-0.3, -0.25) is 4.79 Å². The van der Waals surface area contributed by atoms with E-state index >= 15 is 0 Å². The second-order valence-electron chi connectivity index (χ2n) is 5.98. The Morgan fingerprint density at radius 2 is 2.00 bits per heavy atom. The fraction of sp³-hybridized carbons (Fsp3) is 0.0476. The van der Waals surface area contributed by atoms with Crippen LogP contribution in [0.15, 0.2) is 66.9 Å². The molecule has 2 aromatic carbocycles. The summed E-state index contributed by atoms with van der Waals surface area (Å²) in [5, 5.41) is 17.4. The monoisotopic (exact) mass is 369 g/mol. The van der Waals surface area contributed by atoms with Crippen LogP contribution in [0.5, 0.6) is 5.75 Å². The van der Waals surface area contributed by atoms with Crippen LogP contribution < -0.4 is 10.1 Å². The van der Waals surface area contributed by atoms with Gasteiger partial charge >= 0.3 is 0 Å². The topological polar surface area (TPSA) is 92.8 Å². The fourth-order valence-electron chi connectivity index (χ4n) is 2.84. The van der Waals surface area contributed by atoms with Crippen LogP contribution in [0, 0.1) is 11.3 Å². The van der Waals surface area contributed by atoms with Crippen molar-refractivity contribution in [1.29, 1.82) is 5.26 Å². The summed E-state index contributed by atoms with van der Waals surface area (Å²) in [4.78, 5) is 17.3. The highest BCUT2D eigenvalue weighted by atomic mass is 16.5. The third kappa shape index (κ3) is 3.15. The van der Waals surface area contributed by atoms with E-state index in [1.165, 1.54) is 18.0 Å². The fourth-order valence-corrected chi connectivity index (χ4v) is 2.84. The highest BCUT2D eigenvalue weighted by Gasteiger charge is 2.17. The van der Waals surface area contributed by atoms with Gasteiger partial charge in [0, 0.05) is 10.9 Å². The lowest BCUT2D eigenvalue weighted by atomic mass is 10.2. The molecule has 0 atom stereocenters. The largest absolute Gasteiger partial charge is 0.497 e. The van der Waals surface area contributed by atoms with Crippen molar-refractivity contribution in [2.75, 3.05) is 12.4 Å². The number of anilines is 1. The molecule has 0 fully saturated rings. The second kappa shape index (κ2) is 7.21. The Balaban J connectivity index is 1.73. The van der Waals surface area contributed by atoms with Crippen LogP contribution in [0.4, 0.5) is 5.82 Å². The molecule has 0 aliphatic carbocycles. The van der Waals surface area contributed by atoms with E-state index in [1.54, 1.807) is 30.3 Å². The molecule has 4 aromatic rings. The molecule has 0 spiro atoms.